The summed E-state index contributed by atoms with van der Waals surface area (Å²) in [6.07, 6.45) is 0.419. The van der Waals surface area contributed by atoms with Gasteiger partial charge < -0.3 is 15.2 Å². The molecule has 134 valence electrons. The molecule has 0 fully saturated rings. The Kier molecular flexibility index (Phi) is 6.84. The van der Waals surface area contributed by atoms with Crippen LogP contribution >= 0.6 is 11.8 Å². The van der Waals surface area contributed by atoms with Gasteiger partial charge >= 0.3 is 0 Å². The number of amides is 1. The van der Waals surface area contributed by atoms with E-state index in [9.17, 15) is 14.3 Å². The molecule has 0 saturated carbocycles. The van der Waals surface area contributed by atoms with E-state index in [1.807, 2.05) is 24.3 Å². The van der Waals surface area contributed by atoms with Crippen LogP contribution < -0.4 is 10.1 Å². The van der Waals surface area contributed by atoms with Crippen molar-refractivity contribution in [1.82, 2.24) is 5.32 Å². The smallest absolute Gasteiger partial charge is 0.230 e. The van der Waals surface area contributed by atoms with E-state index in [0.29, 0.717) is 6.42 Å². The Morgan fingerprint density at radius 1 is 1.20 bits per heavy atom. The standard InChI is InChI=1S/C19H22FNO3S/c1-19(23,11-14-3-7-16(24-2)8-4-14)13-21-18(22)12-25-17-9-5-15(20)6-10-17/h3-10,23H,11-13H2,1-2H3,(H,21,22)/t19-/m1/s1. The molecule has 0 bridgehead atoms. The van der Waals surface area contributed by atoms with Crippen LogP contribution in [-0.4, -0.2) is 36.0 Å². The maximum absolute atomic E-state index is 12.8. The Balaban J connectivity index is 1.77. The Labute approximate surface area is 151 Å². The third-order valence-electron chi connectivity index (χ3n) is 3.59. The fraction of sp³-hybridized carbons (Fsp3) is 0.316. The summed E-state index contributed by atoms with van der Waals surface area (Å²) in [4.78, 5) is 12.8. The SMILES string of the molecule is COc1ccc(C[C@@](C)(O)CNC(=O)CSc2ccc(F)cc2)cc1. The van der Waals surface area contributed by atoms with E-state index in [0.717, 1.165) is 16.2 Å². The number of nitrogens with one attached hydrogen (secondary N) is 1. The van der Waals surface area contributed by atoms with Gasteiger partial charge in [0.15, 0.2) is 0 Å². The van der Waals surface area contributed by atoms with Crippen LogP contribution in [-0.2, 0) is 11.2 Å². The second-order valence-electron chi connectivity index (χ2n) is 6.04. The van der Waals surface area contributed by atoms with E-state index in [1.165, 1.54) is 23.9 Å². The predicted octanol–water partition coefficient (Wildman–Crippen LogP) is 3.04. The number of rotatable bonds is 8. The zero-order valence-electron chi connectivity index (χ0n) is 14.3. The topological polar surface area (TPSA) is 58.6 Å². The lowest BCUT2D eigenvalue weighted by Crippen LogP contribution is -2.42. The van der Waals surface area contributed by atoms with Crippen LogP contribution in [0.4, 0.5) is 4.39 Å². The van der Waals surface area contributed by atoms with Gasteiger partial charge in [0, 0.05) is 17.9 Å². The Morgan fingerprint density at radius 2 is 1.84 bits per heavy atom. The van der Waals surface area contributed by atoms with Crippen molar-refractivity contribution in [1.29, 1.82) is 0 Å². The number of carbonyl (C=O) groups excluding carboxylic acids is 1. The van der Waals surface area contributed by atoms with Crippen LogP contribution in [0.15, 0.2) is 53.4 Å². The molecule has 0 radical (unpaired) electrons. The van der Waals surface area contributed by atoms with Crippen molar-refractivity contribution >= 4 is 17.7 Å². The zero-order chi connectivity index (χ0) is 18.3. The summed E-state index contributed by atoms with van der Waals surface area (Å²) < 4.78 is 17.9. The molecule has 0 saturated heterocycles. The molecule has 0 aliphatic heterocycles. The molecule has 0 spiro atoms. The molecule has 0 aliphatic rings. The van der Waals surface area contributed by atoms with Crippen molar-refractivity contribution in [3.8, 4) is 5.75 Å². The molecule has 0 unspecified atom stereocenters. The van der Waals surface area contributed by atoms with Gasteiger partial charge in [0.1, 0.15) is 11.6 Å². The van der Waals surface area contributed by atoms with Crippen LogP contribution in [0.5, 0.6) is 5.75 Å². The molecule has 4 nitrogen and oxygen atoms in total. The highest BCUT2D eigenvalue weighted by atomic mass is 32.2. The molecular weight excluding hydrogens is 341 g/mol. The molecule has 2 rings (SSSR count). The summed E-state index contributed by atoms with van der Waals surface area (Å²) in [5, 5.41) is 13.2. The highest BCUT2D eigenvalue weighted by molar-refractivity contribution is 8.00. The third kappa shape index (κ3) is 6.76. The maximum Gasteiger partial charge on any atom is 0.230 e. The highest BCUT2D eigenvalue weighted by Crippen LogP contribution is 2.19. The average Bonchev–Trinajstić information content (AvgIpc) is 2.60. The van der Waals surface area contributed by atoms with E-state index in [4.69, 9.17) is 4.74 Å². The van der Waals surface area contributed by atoms with E-state index in [1.54, 1.807) is 26.2 Å². The summed E-state index contributed by atoms with van der Waals surface area (Å²) >= 11 is 1.32. The molecule has 2 aromatic rings. The number of hydrogen-bond donors (Lipinski definition) is 2. The number of thioether (sulfide) groups is 1. The lowest BCUT2D eigenvalue weighted by molar-refractivity contribution is -0.119. The molecule has 0 aromatic heterocycles. The number of hydrogen-bond acceptors (Lipinski definition) is 4. The summed E-state index contributed by atoms with van der Waals surface area (Å²) in [6, 6.07) is 13.4. The van der Waals surface area contributed by atoms with Crippen LogP contribution in [0, 0.1) is 5.82 Å². The van der Waals surface area contributed by atoms with Crippen molar-refractivity contribution in [2.75, 3.05) is 19.4 Å². The minimum atomic E-state index is -1.05. The zero-order valence-corrected chi connectivity index (χ0v) is 15.1. The van der Waals surface area contributed by atoms with E-state index >= 15 is 0 Å². The van der Waals surface area contributed by atoms with Crippen molar-refractivity contribution in [3.63, 3.8) is 0 Å². The first kappa shape index (κ1) is 19.3. The number of carbonyl (C=O) groups is 1. The average molecular weight is 363 g/mol. The van der Waals surface area contributed by atoms with Crippen molar-refractivity contribution in [3.05, 3.63) is 59.9 Å². The molecule has 2 aromatic carbocycles. The lowest BCUT2D eigenvalue weighted by Gasteiger charge is -2.24. The minimum absolute atomic E-state index is 0.155. The van der Waals surface area contributed by atoms with Crippen molar-refractivity contribution in [2.45, 2.75) is 23.8 Å². The first-order valence-corrected chi connectivity index (χ1v) is 8.87. The van der Waals surface area contributed by atoms with Crippen LogP contribution in [0.2, 0.25) is 0 Å². The summed E-state index contributed by atoms with van der Waals surface area (Å²) in [5.74, 6) is 0.492. The van der Waals surface area contributed by atoms with Crippen molar-refractivity contribution in [2.24, 2.45) is 0 Å². The molecule has 0 aliphatic carbocycles. The van der Waals surface area contributed by atoms with Gasteiger partial charge in [-0.15, -0.1) is 11.8 Å². The van der Waals surface area contributed by atoms with Crippen molar-refractivity contribution < 1.29 is 19.0 Å². The Bertz CT molecular complexity index is 687. The maximum atomic E-state index is 12.8. The molecule has 6 heteroatoms. The van der Waals surface area contributed by atoms with Gasteiger partial charge in [-0.25, -0.2) is 4.39 Å². The largest absolute Gasteiger partial charge is 0.497 e. The Hall–Kier alpha value is -2.05. The second-order valence-corrected chi connectivity index (χ2v) is 7.09. The van der Waals surface area contributed by atoms with Gasteiger partial charge in [-0.05, 0) is 48.9 Å². The number of methoxy groups -OCH3 is 1. The number of benzene rings is 2. The second kappa shape index (κ2) is 8.87. The molecule has 2 N–H and O–H groups in total. The van der Waals surface area contributed by atoms with Gasteiger partial charge in [-0.3, -0.25) is 4.79 Å². The van der Waals surface area contributed by atoms with E-state index in [-0.39, 0.29) is 24.0 Å². The molecule has 1 amide bonds. The molecule has 25 heavy (non-hydrogen) atoms. The molecule has 1 atom stereocenters. The summed E-state index contributed by atoms with van der Waals surface area (Å²) in [6.45, 7) is 1.84. The predicted molar refractivity (Wildman–Crippen MR) is 97.5 cm³/mol. The van der Waals surface area contributed by atoms with E-state index in [2.05, 4.69) is 5.32 Å². The van der Waals surface area contributed by atoms with Gasteiger partial charge in [0.25, 0.3) is 0 Å². The normalized spacial score (nSPS) is 13.1. The quantitative estimate of drug-likeness (QED) is 0.708. The monoisotopic (exact) mass is 363 g/mol. The lowest BCUT2D eigenvalue weighted by atomic mass is 9.96. The summed E-state index contributed by atoms with van der Waals surface area (Å²) in [5.41, 5.74) is -0.0918. The molecular formula is C19H22FNO3S. The van der Waals surface area contributed by atoms with Gasteiger partial charge in [-0.1, -0.05) is 12.1 Å². The number of ether oxygens (including phenoxy) is 1. The van der Waals surface area contributed by atoms with Gasteiger partial charge in [0.05, 0.1) is 18.5 Å². The number of aliphatic hydroxyl groups is 1. The fourth-order valence-electron chi connectivity index (χ4n) is 2.27. The Morgan fingerprint density at radius 3 is 2.44 bits per heavy atom. The first-order valence-electron chi connectivity index (χ1n) is 7.88. The van der Waals surface area contributed by atoms with Crippen LogP contribution in [0.3, 0.4) is 0 Å². The fourth-order valence-corrected chi connectivity index (χ4v) is 2.99. The highest BCUT2D eigenvalue weighted by Gasteiger charge is 2.22. The summed E-state index contributed by atoms with van der Waals surface area (Å²) in [7, 11) is 1.60. The van der Waals surface area contributed by atoms with E-state index < -0.39 is 5.60 Å². The molecule has 0 heterocycles. The minimum Gasteiger partial charge on any atom is -0.497 e. The van der Waals surface area contributed by atoms with Gasteiger partial charge in [-0.2, -0.15) is 0 Å². The van der Waals surface area contributed by atoms with Crippen LogP contribution in [0.25, 0.3) is 0 Å². The van der Waals surface area contributed by atoms with Crippen LogP contribution in [0.1, 0.15) is 12.5 Å². The number of halogens is 1. The first-order chi connectivity index (χ1) is 11.9. The third-order valence-corrected chi connectivity index (χ3v) is 4.61. The van der Waals surface area contributed by atoms with Gasteiger partial charge in [0.2, 0.25) is 5.91 Å².